The Morgan fingerprint density at radius 1 is 1.58 bits per heavy atom. The van der Waals surface area contributed by atoms with Crippen LogP contribution in [-0.2, 0) is 6.54 Å². The van der Waals surface area contributed by atoms with Crippen LogP contribution in [0.1, 0.15) is 17.5 Å². The number of rotatable bonds is 4. The van der Waals surface area contributed by atoms with E-state index in [2.05, 4.69) is 6.07 Å². The number of methoxy groups -OCH3 is 1. The van der Waals surface area contributed by atoms with Crippen LogP contribution in [0.4, 0.5) is 4.39 Å². The predicted octanol–water partition coefficient (Wildman–Crippen LogP) is 1.47. The molecule has 19 heavy (non-hydrogen) atoms. The van der Waals surface area contributed by atoms with E-state index in [1.54, 1.807) is 12.1 Å². The summed E-state index contributed by atoms with van der Waals surface area (Å²) in [7, 11) is 1.52. The van der Waals surface area contributed by atoms with Crippen molar-refractivity contribution in [1.82, 2.24) is 4.90 Å². The summed E-state index contributed by atoms with van der Waals surface area (Å²) < 4.78 is 18.5. The number of likely N-dealkylation sites (tertiary alicyclic amines) is 1. The Morgan fingerprint density at radius 2 is 2.37 bits per heavy atom. The Labute approximate surface area is 112 Å². The average molecular weight is 264 g/mol. The van der Waals surface area contributed by atoms with E-state index in [1.807, 2.05) is 11.0 Å². The molecule has 1 aliphatic rings. The summed E-state index contributed by atoms with van der Waals surface area (Å²) in [6, 6.07) is 7.25. The summed E-state index contributed by atoms with van der Waals surface area (Å²) >= 11 is 0. The van der Waals surface area contributed by atoms with E-state index in [0.717, 1.165) is 5.56 Å². The zero-order valence-electron chi connectivity index (χ0n) is 10.8. The standard InChI is InChI=1S/C14H17FN2O2/c1-19-14-4-10(2-3-11(14)6-16)7-17-8-12(15)5-13(17)9-18/h2-4,12-13,18H,5,7-9H2,1H3/t12-,13-/m0/s1. The maximum atomic E-state index is 13.4. The van der Waals surface area contributed by atoms with Gasteiger partial charge < -0.3 is 9.84 Å². The van der Waals surface area contributed by atoms with Crippen molar-refractivity contribution in [1.29, 1.82) is 5.26 Å². The Kier molecular flexibility index (Phi) is 4.35. The third-order valence-corrected chi connectivity index (χ3v) is 3.46. The summed E-state index contributed by atoms with van der Waals surface area (Å²) in [6.45, 7) is 0.856. The minimum Gasteiger partial charge on any atom is -0.495 e. The molecule has 0 radical (unpaired) electrons. The van der Waals surface area contributed by atoms with Gasteiger partial charge in [0.1, 0.15) is 18.0 Å². The fourth-order valence-electron chi connectivity index (χ4n) is 2.47. The Bertz CT molecular complexity index is 487. The number of benzene rings is 1. The van der Waals surface area contributed by atoms with Crippen molar-refractivity contribution in [3.63, 3.8) is 0 Å². The lowest BCUT2D eigenvalue weighted by atomic mass is 10.1. The van der Waals surface area contributed by atoms with Crippen LogP contribution in [0.3, 0.4) is 0 Å². The molecule has 1 aliphatic heterocycles. The molecule has 0 bridgehead atoms. The minimum absolute atomic E-state index is 0.0339. The molecule has 1 fully saturated rings. The number of ether oxygens (including phenoxy) is 1. The molecule has 1 aromatic rings. The lowest BCUT2D eigenvalue weighted by Gasteiger charge is -2.22. The molecule has 1 aromatic carbocycles. The van der Waals surface area contributed by atoms with Gasteiger partial charge in [-0.1, -0.05) is 6.07 Å². The first-order valence-electron chi connectivity index (χ1n) is 6.24. The molecule has 4 nitrogen and oxygen atoms in total. The number of hydrogen-bond donors (Lipinski definition) is 1. The van der Waals surface area contributed by atoms with Crippen LogP contribution >= 0.6 is 0 Å². The molecule has 0 aliphatic carbocycles. The highest BCUT2D eigenvalue weighted by molar-refractivity contribution is 5.45. The summed E-state index contributed by atoms with van der Waals surface area (Å²) in [6.07, 6.45) is -0.498. The van der Waals surface area contributed by atoms with Gasteiger partial charge in [-0.2, -0.15) is 5.26 Å². The SMILES string of the molecule is COc1cc(CN2C[C@@H](F)C[C@H]2CO)ccc1C#N. The van der Waals surface area contributed by atoms with Crippen LogP contribution < -0.4 is 4.74 Å². The quantitative estimate of drug-likeness (QED) is 0.894. The van der Waals surface area contributed by atoms with E-state index in [1.165, 1.54) is 7.11 Å². The Hall–Kier alpha value is -1.64. The van der Waals surface area contributed by atoms with E-state index in [9.17, 15) is 9.50 Å². The molecule has 0 unspecified atom stereocenters. The highest BCUT2D eigenvalue weighted by Gasteiger charge is 2.31. The van der Waals surface area contributed by atoms with Crippen molar-refractivity contribution in [3.05, 3.63) is 29.3 Å². The number of halogens is 1. The van der Waals surface area contributed by atoms with Crippen molar-refractivity contribution in [3.8, 4) is 11.8 Å². The first kappa shape index (κ1) is 13.8. The average Bonchev–Trinajstić information content (AvgIpc) is 2.78. The van der Waals surface area contributed by atoms with Gasteiger partial charge in [-0.05, 0) is 24.1 Å². The second-order valence-electron chi connectivity index (χ2n) is 4.75. The van der Waals surface area contributed by atoms with Crippen LogP contribution in [0.15, 0.2) is 18.2 Å². The second-order valence-corrected chi connectivity index (χ2v) is 4.75. The zero-order chi connectivity index (χ0) is 13.8. The molecule has 0 amide bonds. The smallest absolute Gasteiger partial charge is 0.136 e. The molecular formula is C14H17FN2O2. The van der Waals surface area contributed by atoms with Crippen LogP contribution in [0.2, 0.25) is 0 Å². The van der Waals surface area contributed by atoms with Crippen LogP contribution in [-0.4, -0.2) is 42.5 Å². The van der Waals surface area contributed by atoms with Gasteiger partial charge in [0.2, 0.25) is 0 Å². The largest absolute Gasteiger partial charge is 0.495 e. The number of nitrogens with zero attached hydrogens (tertiary/aromatic N) is 2. The molecule has 0 saturated carbocycles. The van der Waals surface area contributed by atoms with Gasteiger partial charge in [-0.15, -0.1) is 0 Å². The number of aliphatic hydroxyl groups is 1. The molecule has 0 aromatic heterocycles. The van der Waals surface area contributed by atoms with Gasteiger partial charge in [0.25, 0.3) is 0 Å². The molecule has 5 heteroatoms. The lowest BCUT2D eigenvalue weighted by molar-refractivity contribution is 0.153. The van der Waals surface area contributed by atoms with Gasteiger partial charge in [-0.25, -0.2) is 4.39 Å². The first-order chi connectivity index (χ1) is 9.17. The highest BCUT2D eigenvalue weighted by atomic mass is 19.1. The van der Waals surface area contributed by atoms with Gasteiger partial charge in [-0.3, -0.25) is 4.90 Å². The maximum Gasteiger partial charge on any atom is 0.136 e. The van der Waals surface area contributed by atoms with Gasteiger partial charge in [0.05, 0.1) is 19.3 Å². The number of nitriles is 1. The second kappa shape index (κ2) is 6.00. The molecule has 1 saturated heterocycles. The molecular weight excluding hydrogens is 247 g/mol. The van der Waals surface area contributed by atoms with Crippen molar-refractivity contribution >= 4 is 0 Å². The van der Waals surface area contributed by atoms with Gasteiger partial charge >= 0.3 is 0 Å². The van der Waals surface area contributed by atoms with Crippen molar-refractivity contribution < 1.29 is 14.2 Å². The molecule has 2 rings (SSSR count). The van der Waals surface area contributed by atoms with Crippen LogP contribution in [0, 0.1) is 11.3 Å². The van der Waals surface area contributed by atoms with E-state index >= 15 is 0 Å². The first-order valence-corrected chi connectivity index (χ1v) is 6.24. The topological polar surface area (TPSA) is 56.5 Å². The summed E-state index contributed by atoms with van der Waals surface area (Å²) in [4.78, 5) is 1.92. The predicted molar refractivity (Wildman–Crippen MR) is 68.5 cm³/mol. The fraction of sp³-hybridized carbons (Fsp3) is 0.500. The van der Waals surface area contributed by atoms with Gasteiger partial charge in [0, 0.05) is 19.1 Å². The molecule has 2 atom stereocenters. The van der Waals surface area contributed by atoms with E-state index in [-0.39, 0.29) is 12.6 Å². The van der Waals surface area contributed by atoms with E-state index in [4.69, 9.17) is 10.00 Å². The monoisotopic (exact) mass is 264 g/mol. The van der Waals surface area contributed by atoms with Gasteiger partial charge in [0.15, 0.2) is 0 Å². The highest BCUT2D eigenvalue weighted by Crippen LogP contribution is 2.25. The van der Waals surface area contributed by atoms with Crippen molar-refractivity contribution in [2.75, 3.05) is 20.3 Å². The molecule has 1 heterocycles. The van der Waals surface area contributed by atoms with Crippen molar-refractivity contribution in [2.45, 2.75) is 25.2 Å². The zero-order valence-corrected chi connectivity index (χ0v) is 10.8. The van der Waals surface area contributed by atoms with E-state index < -0.39 is 6.17 Å². The van der Waals surface area contributed by atoms with Crippen LogP contribution in [0.25, 0.3) is 0 Å². The molecule has 1 N–H and O–H groups in total. The Morgan fingerprint density at radius 3 is 3.00 bits per heavy atom. The minimum atomic E-state index is -0.877. The molecule has 102 valence electrons. The lowest BCUT2D eigenvalue weighted by Crippen LogP contribution is -2.31. The normalized spacial score (nSPS) is 23.3. The molecule has 0 spiro atoms. The summed E-state index contributed by atoms with van der Waals surface area (Å²) in [5.74, 6) is 0.525. The number of alkyl halides is 1. The van der Waals surface area contributed by atoms with Crippen molar-refractivity contribution in [2.24, 2.45) is 0 Å². The third-order valence-electron chi connectivity index (χ3n) is 3.46. The number of hydrogen-bond acceptors (Lipinski definition) is 4. The Balaban J connectivity index is 2.13. The summed E-state index contributed by atoms with van der Waals surface area (Å²) in [5.41, 5.74) is 1.43. The fourth-order valence-corrected chi connectivity index (χ4v) is 2.47. The summed E-state index contributed by atoms with van der Waals surface area (Å²) in [5, 5.41) is 18.2. The number of aliphatic hydroxyl groups excluding tert-OH is 1. The van der Waals surface area contributed by atoms with E-state index in [0.29, 0.717) is 30.8 Å². The third kappa shape index (κ3) is 3.03. The van der Waals surface area contributed by atoms with Crippen LogP contribution in [0.5, 0.6) is 5.75 Å². The maximum absolute atomic E-state index is 13.4.